The summed E-state index contributed by atoms with van der Waals surface area (Å²) in [7, 11) is 0. The standard InChI is InChI=1S/C14H11N3O2/c1-8-2-3-12(11(15)6-8)17-13(18)9-4-5-16-7-10(9)14(17)19/h2-7H,15H2,1H3. The summed E-state index contributed by atoms with van der Waals surface area (Å²) in [4.78, 5) is 29.5. The summed E-state index contributed by atoms with van der Waals surface area (Å²) in [6.45, 7) is 1.90. The summed E-state index contributed by atoms with van der Waals surface area (Å²) < 4.78 is 0. The van der Waals surface area contributed by atoms with Crippen LogP contribution in [0.2, 0.25) is 0 Å². The van der Waals surface area contributed by atoms with Crippen molar-refractivity contribution in [1.29, 1.82) is 0 Å². The van der Waals surface area contributed by atoms with Gasteiger partial charge in [0.1, 0.15) is 0 Å². The molecule has 0 saturated carbocycles. The number of benzene rings is 1. The first-order valence-electron chi connectivity index (χ1n) is 5.78. The van der Waals surface area contributed by atoms with Gasteiger partial charge in [-0.3, -0.25) is 14.6 Å². The number of fused-ring (bicyclic) bond motifs is 1. The van der Waals surface area contributed by atoms with E-state index >= 15 is 0 Å². The van der Waals surface area contributed by atoms with Crippen LogP contribution in [0.5, 0.6) is 0 Å². The number of amides is 2. The van der Waals surface area contributed by atoms with Gasteiger partial charge in [0.05, 0.1) is 22.5 Å². The first-order valence-corrected chi connectivity index (χ1v) is 5.78. The van der Waals surface area contributed by atoms with Gasteiger partial charge in [-0.2, -0.15) is 0 Å². The molecule has 0 saturated heterocycles. The topological polar surface area (TPSA) is 76.3 Å². The van der Waals surface area contributed by atoms with Crippen LogP contribution in [0, 0.1) is 6.92 Å². The molecule has 3 rings (SSSR count). The van der Waals surface area contributed by atoms with Crippen LogP contribution in [0.25, 0.3) is 0 Å². The van der Waals surface area contributed by atoms with Crippen molar-refractivity contribution in [2.45, 2.75) is 6.92 Å². The van der Waals surface area contributed by atoms with E-state index in [1.165, 1.54) is 12.4 Å². The molecule has 0 unspecified atom stereocenters. The number of aryl methyl sites for hydroxylation is 1. The van der Waals surface area contributed by atoms with E-state index in [9.17, 15) is 9.59 Å². The second-order valence-corrected chi connectivity index (χ2v) is 4.43. The maximum absolute atomic E-state index is 12.3. The zero-order valence-electron chi connectivity index (χ0n) is 10.3. The second kappa shape index (κ2) is 3.91. The van der Waals surface area contributed by atoms with Crippen molar-refractivity contribution in [2.24, 2.45) is 0 Å². The maximum atomic E-state index is 12.3. The molecule has 2 aromatic rings. The third kappa shape index (κ3) is 1.59. The number of aromatic nitrogens is 1. The van der Waals surface area contributed by atoms with Crippen LogP contribution in [0.4, 0.5) is 11.4 Å². The van der Waals surface area contributed by atoms with Gasteiger partial charge in [0, 0.05) is 12.4 Å². The maximum Gasteiger partial charge on any atom is 0.267 e. The summed E-state index contributed by atoms with van der Waals surface area (Å²) in [5.41, 5.74) is 8.36. The monoisotopic (exact) mass is 253 g/mol. The molecule has 1 aromatic carbocycles. The lowest BCUT2D eigenvalue weighted by atomic mass is 10.2. The van der Waals surface area contributed by atoms with Gasteiger partial charge in [-0.25, -0.2) is 4.90 Å². The van der Waals surface area contributed by atoms with E-state index in [1.54, 1.807) is 18.2 Å². The molecular formula is C14H11N3O2. The van der Waals surface area contributed by atoms with Gasteiger partial charge < -0.3 is 5.73 Å². The molecular weight excluding hydrogens is 242 g/mol. The van der Waals surface area contributed by atoms with E-state index in [0.717, 1.165) is 10.5 Å². The molecule has 94 valence electrons. The van der Waals surface area contributed by atoms with E-state index in [-0.39, 0.29) is 11.8 Å². The van der Waals surface area contributed by atoms with Crippen LogP contribution in [0.15, 0.2) is 36.7 Å². The highest BCUT2D eigenvalue weighted by molar-refractivity contribution is 6.35. The number of nitrogens with zero attached hydrogens (tertiary/aromatic N) is 2. The van der Waals surface area contributed by atoms with Crippen molar-refractivity contribution in [3.63, 3.8) is 0 Å². The predicted molar refractivity (Wildman–Crippen MR) is 71.0 cm³/mol. The normalized spacial score (nSPS) is 13.8. The Balaban J connectivity index is 2.14. The fourth-order valence-corrected chi connectivity index (χ4v) is 2.18. The van der Waals surface area contributed by atoms with E-state index < -0.39 is 0 Å². The number of nitrogen functional groups attached to an aromatic ring is 1. The zero-order valence-corrected chi connectivity index (χ0v) is 10.3. The zero-order chi connectivity index (χ0) is 13.6. The molecule has 2 N–H and O–H groups in total. The van der Waals surface area contributed by atoms with Gasteiger partial charge in [0.15, 0.2) is 0 Å². The van der Waals surface area contributed by atoms with Crippen molar-refractivity contribution in [3.8, 4) is 0 Å². The van der Waals surface area contributed by atoms with Gasteiger partial charge in [0.2, 0.25) is 0 Å². The minimum Gasteiger partial charge on any atom is -0.397 e. The number of imide groups is 1. The SMILES string of the molecule is Cc1ccc(N2C(=O)c3ccncc3C2=O)c(N)c1. The quantitative estimate of drug-likeness (QED) is 0.620. The smallest absolute Gasteiger partial charge is 0.267 e. The molecule has 5 nitrogen and oxygen atoms in total. The van der Waals surface area contributed by atoms with Gasteiger partial charge in [-0.05, 0) is 30.7 Å². The highest BCUT2D eigenvalue weighted by atomic mass is 16.2. The molecule has 0 atom stereocenters. The Labute approximate surface area is 109 Å². The molecule has 2 amide bonds. The molecule has 1 aromatic heterocycles. The van der Waals surface area contributed by atoms with Gasteiger partial charge in [-0.15, -0.1) is 0 Å². The number of pyridine rings is 1. The largest absolute Gasteiger partial charge is 0.397 e. The first kappa shape index (κ1) is 11.4. The minimum atomic E-state index is -0.386. The minimum absolute atomic E-state index is 0.312. The number of carbonyl (C=O) groups is 2. The molecule has 19 heavy (non-hydrogen) atoms. The Hall–Kier alpha value is -2.69. The molecule has 2 heterocycles. The van der Waals surface area contributed by atoms with Crippen LogP contribution < -0.4 is 10.6 Å². The number of carbonyl (C=O) groups excluding carboxylic acids is 2. The Morgan fingerprint density at radius 3 is 2.53 bits per heavy atom. The molecule has 0 bridgehead atoms. The predicted octanol–water partition coefficient (Wildman–Crippen LogP) is 1.77. The van der Waals surface area contributed by atoms with Gasteiger partial charge in [-0.1, -0.05) is 6.07 Å². The van der Waals surface area contributed by atoms with Crippen LogP contribution >= 0.6 is 0 Å². The highest BCUT2D eigenvalue weighted by Gasteiger charge is 2.37. The van der Waals surface area contributed by atoms with Crippen molar-refractivity contribution in [2.75, 3.05) is 10.6 Å². The molecule has 0 fully saturated rings. The average Bonchev–Trinajstić information content (AvgIpc) is 2.64. The number of nitrogens with two attached hydrogens (primary N) is 1. The lowest BCUT2D eigenvalue weighted by Crippen LogP contribution is -2.30. The van der Waals surface area contributed by atoms with Crippen molar-refractivity contribution < 1.29 is 9.59 Å². The van der Waals surface area contributed by atoms with Crippen molar-refractivity contribution in [1.82, 2.24) is 4.98 Å². The summed E-state index contributed by atoms with van der Waals surface area (Å²) in [5, 5.41) is 0. The second-order valence-electron chi connectivity index (χ2n) is 4.43. The summed E-state index contributed by atoms with van der Waals surface area (Å²) >= 11 is 0. The van der Waals surface area contributed by atoms with E-state index in [0.29, 0.717) is 22.5 Å². The summed E-state index contributed by atoms with van der Waals surface area (Å²) in [6, 6.07) is 6.77. The molecule has 5 heteroatoms. The van der Waals surface area contributed by atoms with Crippen LogP contribution in [0.3, 0.4) is 0 Å². The third-order valence-corrected chi connectivity index (χ3v) is 3.11. The lowest BCUT2D eigenvalue weighted by Gasteiger charge is -2.16. The number of rotatable bonds is 1. The molecule has 1 aliphatic heterocycles. The summed E-state index contributed by atoms with van der Waals surface area (Å²) in [6.07, 6.45) is 2.89. The molecule has 0 aliphatic carbocycles. The highest BCUT2D eigenvalue weighted by Crippen LogP contribution is 2.31. The lowest BCUT2D eigenvalue weighted by molar-refractivity contribution is 0.0926. The van der Waals surface area contributed by atoms with Crippen LogP contribution in [-0.4, -0.2) is 16.8 Å². The number of hydrogen-bond acceptors (Lipinski definition) is 4. The van der Waals surface area contributed by atoms with Crippen molar-refractivity contribution >= 4 is 23.2 Å². The Kier molecular flexibility index (Phi) is 2.35. The van der Waals surface area contributed by atoms with Gasteiger partial charge >= 0.3 is 0 Å². The Bertz CT molecular complexity index is 675. The number of anilines is 2. The summed E-state index contributed by atoms with van der Waals surface area (Å²) in [5.74, 6) is -0.749. The van der Waals surface area contributed by atoms with Gasteiger partial charge in [0.25, 0.3) is 11.8 Å². The fraction of sp³-hybridized carbons (Fsp3) is 0.0714. The number of hydrogen-bond donors (Lipinski definition) is 1. The van der Waals surface area contributed by atoms with E-state index in [2.05, 4.69) is 4.98 Å². The Morgan fingerprint density at radius 1 is 1.11 bits per heavy atom. The Morgan fingerprint density at radius 2 is 1.84 bits per heavy atom. The molecule has 0 spiro atoms. The fourth-order valence-electron chi connectivity index (χ4n) is 2.18. The molecule has 1 aliphatic rings. The van der Waals surface area contributed by atoms with Crippen molar-refractivity contribution in [3.05, 3.63) is 53.3 Å². The molecule has 0 radical (unpaired) electrons. The van der Waals surface area contributed by atoms with Crippen LogP contribution in [-0.2, 0) is 0 Å². The van der Waals surface area contributed by atoms with E-state index in [4.69, 9.17) is 5.73 Å². The average molecular weight is 253 g/mol. The third-order valence-electron chi connectivity index (χ3n) is 3.11. The van der Waals surface area contributed by atoms with Crippen LogP contribution in [0.1, 0.15) is 26.3 Å². The first-order chi connectivity index (χ1) is 9.09. The van der Waals surface area contributed by atoms with E-state index in [1.807, 2.05) is 13.0 Å².